The Morgan fingerprint density at radius 2 is 0.824 bits per heavy atom. The number of hydrogen-bond donors (Lipinski definition) is 2. The Hall–Kier alpha value is -12.8. The lowest BCUT2D eigenvalue weighted by Gasteiger charge is -2.21. The molecule has 0 amide bonds. The van der Waals surface area contributed by atoms with Gasteiger partial charge in [0, 0.05) is 85.8 Å². The summed E-state index contributed by atoms with van der Waals surface area (Å²) in [7, 11) is -3.41. The van der Waals surface area contributed by atoms with Crippen LogP contribution in [0.1, 0.15) is 320 Å². The molecule has 0 heterocycles. The van der Waals surface area contributed by atoms with Gasteiger partial charge >= 0.3 is 29.8 Å². The van der Waals surface area contributed by atoms with Gasteiger partial charge in [0.2, 0.25) is 0 Å². The average Bonchev–Trinajstić information content (AvgIpc) is 0.851. The first-order chi connectivity index (χ1) is 68.6. The van der Waals surface area contributed by atoms with Crippen molar-refractivity contribution in [3.05, 3.63) is 253 Å². The summed E-state index contributed by atoms with van der Waals surface area (Å²) in [5.41, 5.74) is 2.40. The lowest BCUT2D eigenvalue weighted by molar-refractivity contribution is -0.154. The van der Waals surface area contributed by atoms with Crippen LogP contribution in [0.25, 0.3) is 29.0 Å². The number of esters is 5. The number of benzene rings is 8. The molecule has 2 N–H and O–H groups in total. The molecule has 0 bridgehead atoms. The van der Waals surface area contributed by atoms with E-state index in [1.54, 1.807) is 127 Å². The quantitative estimate of drug-likeness (QED) is 0.0134. The van der Waals surface area contributed by atoms with Crippen molar-refractivity contribution in [3.8, 4) is 11.5 Å². The Morgan fingerprint density at radius 1 is 0.432 bits per heavy atom. The zero-order valence-electron chi connectivity index (χ0n) is 94.0. The van der Waals surface area contributed by atoms with Crippen molar-refractivity contribution < 1.29 is 119 Å². The van der Waals surface area contributed by atoms with Gasteiger partial charge in [0.15, 0.2) is 38.1 Å². The van der Waals surface area contributed by atoms with Gasteiger partial charge in [-0.25, -0.2) is 8.42 Å². The molecule has 1 aliphatic rings. The molecule has 1 fully saturated rings. The van der Waals surface area contributed by atoms with E-state index in [-0.39, 0.29) is 144 Å². The first-order valence-corrected chi connectivity index (χ1v) is 52.3. The predicted octanol–water partition coefficient (Wildman–Crippen LogP) is 27.6. The number of fused-ring (bicyclic) bond motifs is 1. The average molecular weight is 2110 g/mol. The largest absolute Gasteiger partial charge is 0.507 e. The van der Waals surface area contributed by atoms with Crippen LogP contribution in [-0.4, -0.2) is 152 Å². The Balaban J connectivity index is -0.000000289. The molecule has 0 radical (unpaired) electrons. The number of carbonyl (C=O) groups excluding carboxylic acids is 16. The molecule has 8 aromatic rings. The first kappa shape index (κ1) is 148. The highest BCUT2D eigenvalue weighted by molar-refractivity contribution is 8.13. The molecule has 818 valence electrons. The maximum absolute atomic E-state index is 11.4. The van der Waals surface area contributed by atoms with Gasteiger partial charge in [-0.15, -0.1) is 11.8 Å². The number of ketones is 10. The fourth-order valence-corrected chi connectivity index (χ4v) is 12.3. The minimum atomic E-state index is -3.41. The summed E-state index contributed by atoms with van der Waals surface area (Å²) >= 11 is 2.84. The Labute approximate surface area is 892 Å². The molecular formula is C120H170O25S3. The number of thioether (sulfide) groups is 2. The van der Waals surface area contributed by atoms with Crippen LogP contribution in [0.15, 0.2) is 245 Å². The molecule has 8 aromatic carbocycles. The fraction of sp³-hybridized carbons (Fsp3) is 0.433. The first-order valence-electron chi connectivity index (χ1n) is 48.9. The van der Waals surface area contributed by atoms with Crippen molar-refractivity contribution in [3.63, 3.8) is 0 Å². The van der Waals surface area contributed by atoms with E-state index in [4.69, 9.17) is 18.9 Å². The highest BCUT2D eigenvalue weighted by atomic mass is 32.2. The van der Waals surface area contributed by atoms with E-state index >= 15 is 0 Å². The predicted molar refractivity (Wildman–Crippen MR) is 603 cm³/mol. The number of carbonyl (C=O) groups is 16. The van der Waals surface area contributed by atoms with E-state index in [0.29, 0.717) is 22.7 Å². The number of sulfone groups is 1. The van der Waals surface area contributed by atoms with Crippen molar-refractivity contribution in [1.82, 2.24) is 0 Å². The van der Waals surface area contributed by atoms with E-state index in [0.717, 1.165) is 70.2 Å². The van der Waals surface area contributed by atoms with E-state index in [2.05, 4.69) is 11.7 Å². The number of rotatable bonds is 25. The van der Waals surface area contributed by atoms with Crippen LogP contribution in [0, 0.1) is 11.3 Å². The Morgan fingerprint density at radius 3 is 1.14 bits per heavy atom. The monoisotopic (exact) mass is 2110 g/mol. The van der Waals surface area contributed by atoms with E-state index < -0.39 is 15.6 Å². The molecule has 148 heavy (non-hydrogen) atoms. The zero-order chi connectivity index (χ0) is 115. The molecule has 0 spiro atoms. The van der Waals surface area contributed by atoms with Gasteiger partial charge in [-0.2, -0.15) is 0 Å². The lowest BCUT2D eigenvalue weighted by Crippen LogP contribution is -2.25. The number of hydrogen-bond acceptors (Lipinski definition) is 27. The Kier molecular flexibility index (Phi) is 88.4. The molecular weight excluding hydrogens is 1940 g/mol. The van der Waals surface area contributed by atoms with Gasteiger partial charge in [-0.3, -0.25) is 67.1 Å². The van der Waals surface area contributed by atoms with Gasteiger partial charge < -0.3 is 43.5 Å². The van der Waals surface area contributed by atoms with Crippen molar-refractivity contribution in [2.75, 3.05) is 11.5 Å². The van der Waals surface area contributed by atoms with Crippen LogP contribution in [0.2, 0.25) is 0 Å². The number of aromatic hydroxyl groups is 2. The highest BCUT2D eigenvalue weighted by Gasteiger charge is 2.20. The summed E-state index contributed by atoms with van der Waals surface area (Å²) < 4.78 is 46.9. The van der Waals surface area contributed by atoms with Crippen LogP contribution in [0.5, 0.6) is 11.5 Å². The standard InChI is InChI=1S/C14H12O2.C10H10O2.C10H10O.C9H10O3S.C9H10OS.C8H8OS.C8H8O.C7H12O2.C7H14O2.C7H14O.2C6H12O2.C6H12O.C5H10O2.C5H10O.C3H6O/c1-10(15)6-7-13-8-11-4-2-3-5-12(11)9-14(13)16;1-8(11)6-7-9-4-2-3-5-10(9)12;1-9(11)7-8-10-5-3-2-4-6-10;1-8(10)7-13(11,12)9-5-3-2-4-6-9;1-8(10)7-11-9-5-3-2-4-6-9;1-7(9)10-8-5-3-2-4-6-8;1-7(9)8-5-3-2-4-6-8;1-6(8)9-7-4-2-3-5-7;1-5-7(3,4)9-6(2)8;1-3-4-5-6-7(2)8;1-5(7)8-6(2,3)4;1-4-5(2)8-6(3)7;1-5(7)6(2,3)4;1-4(2)7-5(3)6;1-4(2)5(3)6;1-3(2)4/h2-9,16H,1H3;2-7,12H,1H3;2-8H,1H3;2-6H,7H2,1H3;2-6H,7H2,1H3;2-6H,1H3;2-6H,1H3;7H,2-5H2,1H3;5H2,1-4H3;3-6H2,1-2H3;1-4H3;5H,4H2,1-3H3;1-4H3;4H,1-3H3;4H,1-3H3;1-2H3/b2*7-6+;8-7+;;;;;;;;;;;;;. The summed E-state index contributed by atoms with van der Waals surface area (Å²) in [5.74, 6) is 0.770. The summed E-state index contributed by atoms with van der Waals surface area (Å²) in [6.45, 7) is 56.0. The van der Waals surface area contributed by atoms with Crippen LogP contribution in [0.4, 0.5) is 0 Å². The molecule has 0 aliphatic heterocycles. The third-order valence-electron chi connectivity index (χ3n) is 17.7. The maximum atomic E-state index is 11.4. The van der Waals surface area contributed by atoms with Crippen molar-refractivity contribution in [2.24, 2.45) is 11.3 Å². The van der Waals surface area contributed by atoms with Gasteiger partial charge in [-0.1, -0.05) is 244 Å². The highest BCUT2D eigenvalue weighted by Crippen LogP contribution is 2.27. The van der Waals surface area contributed by atoms with Gasteiger partial charge in [-0.05, 0) is 278 Å². The van der Waals surface area contributed by atoms with E-state index in [1.165, 1.54) is 131 Å². The molecule has 0 aromatic heterocycles. The van der Waals surface area contributed by atoms with Crippen LogP contribution >= 0.6 is 23.5 Å². The van der Waals surface area contributed by atoms with Crippen molar-refractivity contribution in [1.29, 1.82) is 0 Å². The number of Topliss-reactive ketones (excluding diaryl/α,β-unsaturated/α-hetero) is 7. The van der Waals surface area contributed by atoms with Gasteiger partial charge in [0.25, 0.3) is 0 Å². The Bertz CT molecular complexity index is 5350. The molecule has 1 unspecified atom stereocenters. The third kappa shape index (κ3) is 105. The topological polar surface area (TPSA) is 394 Å². The number of phenolic OH excluding ortho intramolecular Hbond substituents is 2. The number of unbranched alkanes of at least 4 members (excludes halogenated alkanes) is 2. The SMILES string of the molecule is CC(=O)/C=C/c1cc2ccccc2cc1O.CC(=O)/C=C/c1ccccc1.CC(=O)/C=C/c1ccccc1O.CC(=O)C(C)(C)C.CC(=O)C(C)C.CC(=O)CS(=O)(=O)c1ccccc1.CC(=O)CSc1ccccc1.CC(=O)OC(C)(C)C.CC(=O)OC(C)C.CC(=O)OC1CCCC1.CC(=O)Sc1ccccc1.CC(=O)c1ccccc1.CC(C)=O.CCC(C)(C)OC(C)=O.CCC(C)OC(C)=O.CCCCCC(C)=O. The molecule has 1 atom stereocenters. The second-order valence-electron chi connectivity index (χ2n) is 36.5. The number of para-hydroxylation sites is 1. The summed E-state index contributed by atoms with van der Waals surface area (Å²) in [5, 5.41) is 21.2. The summed E-state index contributed by atoms with van der Waals surface area (Å²) in [4.78, 5) is 168. The van der Waals surface area contributed by atoms with Crippen molar-refractivity contribution >= 4 is 155 Å². The molecule has 1 saturated carbocycles. The third-order valence-corrected chi connectivity index (χ3v) is 21.4. The van der Waals surface area contributed by atoms with Crippen molar-refractivity contribution in [2.45, 2.75) is 337 Å². The fourth-order valence-electron chi connectivity index (χ4n) is 9.66. The van der Waals surface area contributed by atoms with E-state index in [1.807, 2.05) is 262 Å². The molecule has 0 saturated heterocycles. The van der Waals surface area contributed by atoms with Gasteiger partial charge in [0.05, 0.1) is 22.9 Å². The maximum Gasteiger partial charge on any atom is 0.303 e. The molecule has 9 rings (SSSR count). The molecule has 25 nitrogen and oxygen atoms in total. The molecule has 1 aliphatic carbocycles. The van der Waals surface area contributed by atoms with Crippen LogP contribution in [0.3, 0.4) is 0 Å². The number of ether oxygens (including phenoxy) is 5. The molecule has 28 heteroatoms. The van der Waals surface area contributed by atoms with Gasteiger partial charge in [0.1, 0.15) is 69.3 Å². The summed E-state index contributed by atoms with van der Waals surface area (Å²) in [6, 6.07) is 64.7. The van der Waals surface area contributed by atoms with E-state index in [9.17, 15) is 95.3 Å². The van der Waals surface area contributed by atoms with Crippen LogP contribution in [-0.2, 0) is 105 Å². The van der Waals surface area contributed by atoms with Crippen LogP contribution < -0.4 is 0 Å². The number of phenols is 2. The second-order valence-corrected chi connectivity index (χ2v) is 40.8. The second kappa shape index (κ2) is 88.3. The zero-order valence-corrected chi connectivity index (χ0v) is 96.4. The number of allylic oxidation sites excluding steroid dienone is 3. The normalized spacial score (nSPS) is 10.9. The summed E-state index contributed by atoms with van der Waals surface area (Å²) in [6.07, 6.45) is 20.4. The lowest BCUT2D eigenvalue weighted by atomic mass is 9.92. The minimum absolute atomic E-state index is 0.0255. The minimum Gasteiger partial charge on any atom is -0.507 e. The smallest absolute Gasteiger partial charge is 0.303 e.